The number of hydrogen-bond donors (Lipinski definition) is 2. The Balaban J connectivity index is 2.09. The van der Waals surface area contributed by atoms with Crippen molar-refractivity contribution in [2.45, 2.75) is 60.1 Å². The van der Waals surface area contributed by atoms with Gasteiger partial charge >= 0.3 is 11.9 Å². The molecule has 0 radical (unpaired) electrons. The minimum atomic E-state index is -1.04. The number of hydrogen-bond acceptors (Lipinski definition) is 6. The van der Waals surface area contributed by atoms with Gasteiger partial charge in [0, 0.05) is 11.8 Å². The summed E-state index contributed by atoms with van der Waals surface area (Å²) in [6.07, 6.45) is 1.40. The monoisotopic (exact) mass is 404 g/mol. The third-order valence-corrected chi connectivity index (χ3v) is 4.70. The molecule has 0 aliphatic heterocycles. The van der Waals surface area contributed by atoms with Crippen LogP contribution in [0.25, 0.3) is 0 Å². The standard InChI is InChI=1S/C20H28N4O5/c1-7-11(3)24-15(9-10-21-24)23-18(25)14(6)29-20(27)17-12(4)16(13(5)22-17)19(26)28-8-2/h9-11,14,22H,7-8H2,1-6H3,(H,23,25)/t11-,14+/m0/s1. The van der Waals surface area contributed by atoms with Gasteiger partial charge in [0.1, 0.15) is 11.5 Å². The van der Waals surface area contributed by atoms with Crippen molar-refractivity contribution in [2.75, 3.05) is 11.9 Å². The van der Waals surface area contributed by atoms with Gasteiger partial charge in [0.15, 0.2) is 6.10 Å². The number of aryl methyl sites for hydroxylation is 1. The van der Waals surface area contributed by atoms with Crippen LogP contribution in [0.5, 0.6) is 0 Å². The van der Waals surface area contributed by atoms with E-state index in [1.54, 1.807) is 37.7 Å². The summed E-state index contributed by atoms with van der Waals surface area (Å²) in [6.45, 7) is 10.7. The SMILES string of the molecule is CCOC(=O)c1c(C)[nH]c(C(=O)O[C@H](C)C(=O)Nc2ccnn2[C@@H](C)CC)c1C. The summed E-state index contributed by atoms with van der Waals surface area (Å²) in [4.78, 5) is 40.0. The maximum atomic E-state index is 12.5. The lowest BCUT2D eigenvalue weighted by Gasteiger charge is -2.17. The number of aromatic amines is 1. The molecule has 2 rings (SSSR count). The van der Waals surface area contributed by atoms with E-state index in [1.165, 1.54) is 6.92 Å². The van der Waals surface area contributed by atoms with Gasteiger partial charge in [-0.15, -0.1) is 0 Å². The quantitative estimate of drug-likeness (QED) is 0.653. The zero-order chi connectivity index (χ0) is 21.7. The van der Waals surface area contributed by atoms with Gasteiger partial charge in [0.25, 0.3) is 5.91 Å². The lowest BCUT2D eigenvalue weighted by molar-refractivity contribution is -0.123. The first-order valence-electron chi connectivity index (χ1n) is 9.62. The molecule has 2 heterocycles. The van der Waals surface area contributed by atoms with Gasteiger partial charge < -0.3 is 19.8 Å². The first-order valence-corrected chi connectivity index (χ1v) is 9.62. The minimum Gasteiger partial charge on any atom is -0.462 e. The fourth-order valence-corrected chi connectivity index (χ4v) is 2.90. The third kappa shape index (κ3) is 4.85. The molecular weight excluding hydrogens is 376 g/mol. The average molecular weight is 404 g/mol. The highest BCUT2D eigenvalue weighted by molar-refractivity contribution is 6.00. The Bertz CT molecular complexity index is 899. The van der Waals surface area contributed by atoms with Crippen LogP contribution in [0.15, 0.2) is 12.3 Å². The summed E-state index contributed by atoms with van der Waals surface area (Å²) in [7, 11) is 0. The Hall–Kier alpha value is -3.10. The van der Waals surface area contributed by atoms with Crippen LogP contribution in [-0.2, 0) is 14.3 Å². The molecule has 2 aromatic heterocycles. The second-order valence-corrected chi connectivity index (χ2v) is 6.80. The molecule has 9 nitrogen and oxygen atoms in total. The molecule has 0 spiro atoms. The van der Waals surface area contributed by atoms with E-state index in [-0.39, 0.29) is 18.3 Å². The maximum Gasteiger partial charge on any atom is 0.355 e. The Kier molecular flexibility index (Phi) is 7.19. The van der Waals surface area contributed by atoms with E-state index in [1.807, 2.05) is 13.8 Å². The fraction of sp³-hybridized carbons (Fsp3) is 0.500. The maximum absolute atomic E-state index is 12.5. The van der Waals surface area contributed by atoms with Crippen molar-refractivity contribution in [3.8, 4) is 0 Å². The van der Waals surface area contributed by atoms with Crippen LogP contribution in [0, 0.1) is 13.8 Å². The fourth-order valence-electron chi connectivity index (χ4n) is 2.90. The Morgan fingerprint density at radius 3 is 2.52 bits per heavy atom. The van der Waals surface area contributed by atoms with Crippen molar-refractivity contribution in [1.82, 2.24) is 14.8 Å². The molecule has 2 aromatic rings. The topological polar surface area (TPSA) is 115 Å². The van der Waals surface area contributed by atoms with Crippen molar-refractivity contribution >= 4 is 23.7 Å². The van der Waals surface area contributed by atoms with Gasteiger partial charge in [-0.05, 0) is 46.6 Å². The Morgan fingerprint density at radius 2 is 1.90 bits per heavy atom. The third-order valence-electron chi connectivity index (χ3n) is 4.70. The van der Waals surface area contributed by atoms with Crippen molar-refractivity contribution in [2.24, 2.45) is 0 Å². The van der Waals surface area contributed by atoms with Crippen molar-refractivity contribution in [3.05, 3.63) is 34.8 Å². The number of anilines is 1. The average Bonchev–Trinajstić information content (AvgIpc) is 3.25. The predicted octanol–water partition coefficient (Wildman–Crippen LogP) is 3.16. The van der Waals surface area contributed by atoms with Gasteiger partial charge in [-0.3, -0.25) is 4.79 Å². The van der Waals surface area contributed by atoms with E-state index >= 15 is 0 Å². The molecule has 0 unspecified atom stereocenters. The first kappa shape index (κ1) is 22.2. The molecule has 0 aliphatic rings. The molecule has 0 saturated heterocycles. The summed E-state index contributed by atoms with van der Waals surface area (Å²) >= 11 is 0. The van der Waals surface area contributed by atoms with Gasteiger partial charge in [-0.2, -0.15) is 5.10 Å². The zero-order valence-corrected chi connectivity index (χ0v) is 17.7. The van der Waals surface area contributed by atoms with E-state index in [0.717, 1.165) is 6.42 Å². The second kappa shape index (κ2) is 9.40. The van der Waals surface area contributed by atoms with Crippen LogP contribution >= 0.6 is 0 Å². The Morgan fingerprint density at radius 1 is 1.21 bits per heavy atom. The smallest absolute Gasteiger partial charge is 0.355 e. The van der Waals surface area contributed by atoms with Crippen molar-refractivity contribution in [1.29, 1.82) is 0 Å². The molecule has 29 heavy (non-hydrogen) atoms. The molecule has 9 heteroatoms. The number of ether oxygens (including phenoxy) is 2. The molecule has 0 fully saturated rings. The van der Waals surface area contributed by atoms with Gasteiger partial charge in [0.2, 0.25) is 0 Å². The van der Waals surface area contributed by atoms with E-state index < -0.39 is 23.9 Å². The van der Waals surface area contributed by atoms with Gasteiger partial charge in [0.05, 0.1) is 24.4 Å². The number of carbonyl (C=O) groups excluding carboxylic acids is 3. The molecule has 0 bridgehead atoms. The van der Waals surface area contributed by atoms with Crippen LogP contribution in [0.4, 0.5) is 5.82 Å². The summed E-state index contributed by atoms with van der Waals surface area (Å²) in [6, 6.07) is 1.80. The number of aromatic nitrogens is 3. The number of amides is 1. The molecular formula is C20H28N4O5. The molecule has 2 atom stereocenters. The summed E-state index contributed by atoms with van der Waals surface area (Å²) in [5, 5.41) is 6.94. The number of esters is 2. The summed E-state index contributed by atoms with van der Waals surface area (Å²) in [5.74, 6) is -1.18. The predicted molar refractivity (Wildman–Crippen MR) is 107 cm³/mol. The lowest BCUT2D eigenvalue weighted by Crippen LogP contribution is -2.31. The van der Waals surface area contributed by atoms with Gasteiger partial charge in [-0.25, -0.2) is 14.3 Å². The number of nitrogens with one attached hydrogen (secondary N) is 2. The molecule has 0 aromatic carbocycles. The van der Waals surface area contributed by atoms with Crippen LogP contribution in [-0.4, -0.2) is 45.3 Å². The molecule has 0 aliphatic carbocycles. The van der Waals surface area contributed by atoms with Crippen LogP contribution in [0.2, 0.25) is 0 Å². The van der Waals surface area contributed by atoms with E-state index in [9.17, 15) is 14.4 Å². The van der Waals surface area contributed by atoms with Crippen LogP contribution in [0.3, 0.4) is 0 Å². The summed E-state index contributed by atoms with van der Waals surface area (Å²) < 4.78 is 12.0. The van der Waals surface area contributed by atoms with Crippen LogP contribution < -0.4 is 5.32 Å². The van der Waals surface area contributed by atoms with E-state index in [4.69, 9.17) is 9.47 Å². The van der Waals surface area contributed by atoms with Gasteiger partial charge in [-0.1, -0.05) is 6.92 Å². The number of H-pyrrole nitrogens is 1. The Labute approximate surface area is 169 Å². The van der Waals surface area contributed by atoms with Crippen molar-refractivity contribution in [3.63, 3.8) is 0 Å². The first-order chi connectivity index (χ1) is 13.7. The normalized spacial score (nSPS) is 12.9. The highest BCUT2D eigenvalue weighted by Gasteiger charge is 2.27. The summed E-state index contributed by atoms with van der Waals surface area (Å²) in [5.41, 5.74) is 1.35. The lowest BCUT2D eigenvalue weighted by atomic mass is 10.1. The number of rotatable bonds is 8. The highest BCUT2D eigenvalue weighted by Crippen LogP contribution is 2.21. The minimum absolute atomic E-state index is 0.115. The molecule has 2 N–H and O–H groups in total. The zero-order valence-electron chi connectivity index (χ0n) is 17.7. The van der Waals surface area contributed by atoms with Crippen LogP contribution in [0.1, 0.15) is 72.3 Å². The molecule has 1 amide bonds. The second-order valence-electron chi connectivity index (χ2n) is 6.80. The van der Waals surface area contributed by atoms with E-state index in [0.29, 0.717) is 22.6 Å². The number of carbonyl (C=O) groups is 3. The number of nitrogens with zero attached hydrogens (tertiary/aromatic N) is 2. The molecule has 0 saturated carbocycles. The van der Waals surface area contributed by atoms with E-state index in [2.05, 4.69) is 15.4 Å². The highest BCUT2D eigenvalue weighted by atomic mass is 16.5. The van der Waals surface area contributed by atoms with Crippen molar-refractivity contribution < 1.29 is 23.9 Å². The molecule has 158 valence electrons. The largest absolute Gasteiger partial charge is 0.462 e.